The van der Waals surface area contributed by atoms with E-state index in [2.05, 4.69) is 13.8 Å². The van der Waals surface area contributed by atoms with Crippen molar-refractivity contribution in [3.8, 4) is 0 Å². The third-order valence-electron chi connectivity index (χ3n) is 5.42. The lowest BCUT2D eigenvalue weighted by atomic mass is 10.0. The van der Waals surface area contributed by atoms with Crippen molar-refractivity contribution in [2.75, 3.05) is 12.4 Å². The number of rotatable bonds is 9. The highest BCUT2D eigenvalue weighted by atomic mass is 32.2. The van der Waals surface area contributed by atoms with E-state index in [4.69, 9.17) is 4.74 Å². The predicted molar refractivity (Wildman–Crippen MR) is 120 cm³/mol. The summed E-state index contributed by atoms with van der Waals surface area (Å²) in [6.07, 6.45) is 6.07. The second-order valence-corrected chi connectivity index (χ2v) is 8.77. The largest absolute Gasteiger partial charge is 0.464 e. The average molecular weight is 414 g/mol. The first kappa shape index (κ1) is 21.7. The molecule has 2 aromatic rings. The van der Waals surface area contributed by atoms with Gasteiger partial charge in [-0.25, -0.2) is 4.79 Å². The third-order valence-corrected chi connectivity index (χ3v) is 6.77. The second kappa shape index (κ2) is 10.7. The van der Waals surface area contributed by atoms with Gasteiger partial charge in [-0.15, -0.1) is 11.8 Å². The minimum atomic E-state index is -0.505. The van der Waals surface area contributed by atoms with Crippen molar-refractivity contribution in [1.82, 2.24) is 4.90 Å². The van der Waals surface area contributed by atoms with Gasteiger partial charge in [0.2, 0.25) is 0 Å². The Balaban J connectivity index is 1.87. The summed E-state index contributed by atoms with van der Waals surface area (Å²) in [5.41, 5.74) is 0.664. The van der Waals surface area contributed by atoms with Crippen LogP contribution in [0.25, 0.3) is 10.8 Å². The van der Waals surface area contributed by atoms with Crippen LogP contribution < -0.4 is 0 Å². The van der Waals surface area contributed by atoms with E-state index in [0.717, 1.165) is 49.3 Å². The molecule has 5 heteroatoms. The quantitative estimate of drug-likeness (QED) is 0.394. The number of unbranched alkanes of at least 4 members (excludes halogenated alkanes) is 3. The SMILES string of the molecule is CCCCCC1SCC(C(=O)OCCCC)N1C(=O)c1cccc2ccccc12. The molecule has 1 heterocycles. The molecule has 2 aromatic carbocycles. The van der Waals surface area contributed by atoms with Crippen molar-refractivity contribution in [3.63, 3.8) is 0 Å². The highest BCUT2D eigenvalue weighted by Gasteiger charge is 2.42. The molecule has 0 aliphatic carbocycles. The number of carbonyl (C=O) groups excluding carboxylic acids is 2. The molecule has 0 spiro atoms. The number of esters is 1. The number of thioether (sulfide) groups is 1. The summed E-state index contributed by atoms with van der Waals surface area (Å²) in [6.45, 7) is 4.67. The van der Waals surface area contributed by atoms with E-state index in [0.29, 0.717) is 17.9 Å². The van der Waals surface area contributed by atoms with Gasteiger partial charge >= 0.3 is 5.97 Å². The summed E-state index contributed by atoms with van der Waals surface area (Å²) in [7, 11) is 0. The van der Waals surface area contributed by atoms with E-state index in [-0.39, 0.29) is 17.3 Å². The number of hydrogen-bond acceptors (Lipinski definition) is 4. The standard InChI is InChI=1S/C24H31NO3S/c1-3-5-7-15-22-25(21(17-29-22)24(27)28-16-6-4-2)23(26)20-14-10-12-18-11-8-9-13-19(18)20/h8-14,21-22H,3-7,15-17H2,1-2H3. The molecule has 3 rings (SSSR count). The Morgan fingerprint density at radius 2 is 1.79 bits per heavy atom. The Morgan fingerprint density at radius 1 is 1.03 bits per heavy atom. The van der Waals surface area contributed by atoms with Gasteiger partial charge in [0.05, 0.1) is 12.0 Å². The maximum atomic E-state index is 13.7. The maximum Gasteiger partial charge on any atom is 0.329 e. The minimum Gasteiger partial charge on any atom is -0.464 e. The molecular formula is C24H31NO3S. The smallest absolute Gasteiger partial charge is 0.329 e. The molecule has 2 unspecified atom stereocenters. The van der Waals surface area contributed by atoms with Crippen LogP contribution in [0.4, 0.5) is 0 Å². The predicted octanol–water partition coefficient (Wildman–Crippen LogP) is 5.65. The first-order valence-corrected chi connectivity index (χ1v) is 11.8. The van der Waals surface area contributed by atoms with Crippen LogP contribution in [-0.4, -0.2) is 40.6 Å². The number of benzene rings is 2. The van der Waals surface area contributed by atoms with Gasteiger partial charge in [0.25, 0.3) is 5.91 Å². The van der Waals surface area contributed by atoms with E-state index < -0.39 is 6.04 Å². The van der Waals surface area contributed by atoms with Gasteiger partial charge < -0.3 is 9.64 Å². The third kappa shape index (κ3) is 5.13. The molecule has 1 amide bonds. The molecule has 29 heavy (non-hydrogen) atoms. The molecule has 1 aliphatic rings. The van der Waals surface area contributed by atoms with Crippen LogP contribution in [0.15, 0.2) is 42.5 Å². The summed E-state index contributed by atoms with van der Waals surface area (Å²) < 4.78 is 5.50. The lowest BCUT2D eigenvalue weighted by Gasteiger charge is -2.29. The lowest BCUT2D eigenvalue weighted by Crippen LogP contribution is -2.46. The zero-order valence-corrected chi connectivity index (χ0v) is 18.2. The summed E-state index contributed by atoms with van der Waals surface area (Å²) in [5.74, 6) is 0.279. The fourth-order valence-electron chi connectivity index (χ4n) is 3.77. The van der Waals surface area contributed by atoms with Crippen LogP contribution in [0.2, 0.25) is 0 Å². The topological polar surface area (TPSA) is 46.6 Å². The van der Waals surface area contributed by atoms with Crippen LogP contribution in [-0.2, 0) is 9.53 Å². The Labute approximate surface area is 178 Å². The highest BCUT2D eigenvalue weighted by molar-refractivity contribution is 8.00. The number of amides is 1. The number of hydrogen-bond donors (Lipinski definition) is 0. The first-order chi connectivity index (χ1) is 14.2. The molecule has 2 atom stereocenters. The zero-order valence-electron chi connectivity index (χ0n) is 17.4. The molecule has 1 aliphatic heterocycles. The van der Waals surface area contributed by atoms with Crippen LogP contribution in [0.1, 0.15) is 62.7 Å². The Kier molecular flexibility index (Phi) is 7.99. The number of ether oxygens (including phenoxy) is 1. The van der Waals surface area contributed by atoms with E-state index in [1.165, 1.54) is 0 Å². The van der Waals surface area contributed by atoms with Crippen LogP contribution in [0, 0.1) is 0 Å². The van der Waals surface area contributed by atoms with E-state index >= 15 is 0 Å². The van der Waals surface area contributed by atoms with Crippen molar-refractivity contribution in [3.05, 3.63) is 48.0 Å². The highest BCUT2D eigenvalue weighted by Crippen LogP contribution is 2.35. The zero-order chi connectivity index (χ0) is 20.6. The van der Waals surface area contributed by atoms with Crippen molar-refractivity contribution < 1.29 is 14.3 Å². The first-order valence-electron chi connectivity index (χ1n) is 10.8. The molecule has 156 valence electrons. The summed E-state index contributed by atoms with van der Waals surface area (Å²) >= 11 is 1.71. The second-order valence-electron chi connectivity index (χ2n) is 7.56. The van der Waals surface area contributed by atoms with Gasteiger partial charge in [-0.2, -0.15) is 0 Å². The van der Waals surface area contributed by atoms with Crippen LogP contribution >= 0.6 is 11.8 Å². The van der Waals surface area contributed by atoms with Gasteiger partial charge in [-0.05, 0) is 29.7 Å². The summed E-state index contributed by atoms with van der Waals surface area (Å²) in [4.78, 5) is 28.2. The van der Waals surface area contributed by atoms with Gasteiger partial charge in [0, 0.05) is 11.3 Å². The van der Waals surface area contributed by atoms with Gasteiger partial charge in [-0.3, -0.25) is 4.79 Å². The van der Waals surface area contributed by atoms with Crippen LogP contribution in [0.5, 0.6) is 0 Å². The minimum absolute atomic E-state index is 0.0248. The van der Waals surface area contributed by atoms with Gasteiger partial charge in [0.15, 0.2) is 0 Å². The summed E-state index contributed by atoms with van der Waals surface area (Å²) in [5, 5.41) is 1.99. The Morgan fingerprint density at radius 3 is 2.59 bits per heavy atom. The molecule has 4 nitrogen and oxygen atoms in total. The fraction of sp³-hybridized carbons (Fsp3) is 0.500. The van der Waals surface area contributed by atoms with E-state index in [1.54, 1.807) is 16.7 Å². The molecular weight excluding hydrogens is 382 g/mol. The molecule has 1 saturated heterocycles. The van der Waals surface area contributed by atoms with Crippen molar-refractivity contribution in [2.45, 2.75) is 63.8 Å². The lowest BCUT2D eigenvalue weighted by molar-refractivity contribution is -0.148. The summed E-state index contributed by atoms with van der Waals surface area (Å²) in [6, 6.07) is 13.2. The molecule has 0 saturated carbocycles. The van der Waals surface area contributed by atoms with Crippen molar-refractivity contribution in [2.24, 2.45) is 0 Å². The molecule has 0 aromatic heterocycles. The van der Waals surface area contributed by atoms with Crippen LogP contribution in [0.3, 0.4) is 0 Å². The average Bonchev–Trinajstić information content (AvgIpc) is 3.17. The number of fused-ring (bicyclic) bond motifs is 1. The van der Waals surface area contributed by atoms with E-state index in [1.807, 2.05) is 42.5 Å². The molecule has 0 N–H and O–H groups in total. The van der Waals surface area contributed by atoms with Gasteiger partial charge in [-0.1, -0.05) is 75.9 Å². The monoisotopic (exact) mass is 413 g/mol. The Bertz CT molecular complexity index is 832. The number of nitrogens with zero attached hydrogens (tertiary/aromatic N) is 1. The van der Waals surface area contributed by atoms with Crippen molar-refractivity contribution in [1.29, 1.82) is 0 Å². The van der Waals surface area contributed by atoms with Crippen molar-refractivity contribution >= 4 is 34.4 Å². The van der Waals surface area contributed by atoms with Gasteiger partial charge in [0.1, 0.15) is 6.04 Å². The normalized spacial score (nSPS) is 18.9. The number of carbonyl (C=O) groups is 2. The Hall–Kier alpha value is -2.01. The molecule has 1 fully saturated rings. The molecule has 0 bridgehead atoms. The maximum absolute atomic E-state index is 13.7. The molecule has 0 radical (unpaired) electrons. The van der Waals surface area contributed by atoms with E-state index in [9.17, 15) is 9.59 Å². The fourth-order valence-corrected chi connectivity index (χ4v) is 5.21.